The molecular weight excluding hydrogens is 250 g/mol. The molecule has 3 heteroatoms. The Morgan fingerprint density at radius 3 is 2.55 bits per heavy atom. The van der Waals surface area contributed by atoms with Crippen molar-refractivity contribution in [3.05, 3.63) is 42.0 Å². The van der Waals surface area contributed by atoms with E-state index in [1.807, 2.05) is 26.1 Å². The maximum atomic E-state index is 6.06. The molecule has 0 saturated carbocycles. The first kappa shape index (κ1) is 14.8. The predicted octanol–water partition coefficient (Wildman–Crippen LogP) is 3.53. The lowest BCUT2D eigenvalue weighted by molar-refractivity contribution is 0.0717. The Balaban J connectivity index is 2.44. The van der Waals surface area contributed by atoms with Crippen LogP contribution in [0, 0.1) is 0 Å². The van der Waals surface area contributed by atoms with E-state index in [2.05, 4.69) is 36.5 Å². The van der Waals surface area contributed by atoms with Crippen molar-refractivity contribution in [2.75, 3.05) is 20.8 Å². The fourth-order valence-corrected chi connectivity index (χ4v) is 2.19. The van der Waals surface area contributed by atoms with E-state index >= 15 is 0 Å². The summed E-state index contributed by atoms with van der Waals surface area (Å²) < 4.78 is 11.3. The minimum atomic E-state index is 0.0757. The van der Waals surface area contributed by atoms with Crippen LogP contribution in [0.15, 0.2) is 36.4 Å². The molecule has 0 spiro atoms. The number of ether oxygens (including phenoxy) is 2. The fourth-order valence-electron chi connectivity index (χ4n) is 2.19. The van der Waals surface area contributed by atoms with Gasteiger partial charge in [-0.05, 0) is 26.3 Å². The second-order valence-corrected chi connectivity index (χ2v) is 5.07. The van der Waals surface area contributed by atoms with Crippen molar-refractivity contribution in [3.8, 4) is 5.75 Å². The van der Waals surface area contributed by atoms with Crippen LogP contribution in [0.25, 0.3) is 10.8 Å². The molecule has 0 amide bonds. The average molecular weight is 273 g/mol. The molecule has 0 aliphatic heterocycles. The molecule has 2 rings (SSSR count). The summed E-state index contributed by atoms with van der Waals surface area (Å²) in [5.41, 5.74) is 1.18. The Morgan fingerprint density at radius 2 is 1.85 bits per heavy atom. The van der Waals surface area contributed by atoms with Crippen molar-refractivity contribution >= 4 is 10.8 Å². The Bertz CT molecular complexity index is 568. The third-order valence-corrected chi connectivity index (χ3v) is 3.67. The van der Waals surface area contributed by atoms with Crippen LogP contribution in [0.4, 0.5) is 0 Å². The van der Waals surface area contributed by atoms with E-state index in [-0.39, 0.29) is 12.1 Å². The average Bonchev–Trinajstić information content (AvgIpc) is 2.51. The minimum absolute atomic E-state index is 0.0757. The van der Waals surface area contributed by atoms with Crippen molar-refractivity contribution in [1.29, 1.82) is 0 Å². The van der Waals surface area contributed by atoms with Gasteiger partial charge in [0.05, 0.1) is 6.10 Å². The summed E-state index contributed by atoms with van der Waals surface area (Å²) in [5.74, 6) is 0.953. The lowest BCUT2D eigenvalue weighted by Gasteiger charge is -2.20. The Hall–Kier alpha value is -1.58. The van der Waals surface area contributed by atoms with E-state index in [1.165, 1.54) is 10.9 Å². The lowest BCUT2D eigenvalue weighted by atomic mass is 10.0. The number of hydrogen-bond donors (Lipinski definition) is 1. The van der Waals surface area contributed by atoms with Crippen LogP contribution >= 0.6 is 0 Å². The number of methoxy groups -OCH3 is 1. The van der Waals surface area contributed by atoms with Gasteiger partial charge in [0, 0.05) is 24.1 Å². The summed E-state index contributed by atoms with van der Waals surface area (Å²) >= 11 is 0. The molecule has 0 aliphatic carbocycles. The van der Waals surface area contributed by atoms with E-state index < -0.39 is 0 Å². The second-order valence-electron chi connectivity index (χ2n) is 5.07. The van der Waals surface area contributed by atoms with Crippen LogP contribution in [0.5, 0.6) is 5.75 Å². The number of benzene rings is 2. The first-order valence-corrected chi connectivity index (χ1v) is 7.02. The summed E-state index contributed by atoms with van der Waals surface area (Å²) in [4.78, 5) is 0. The highest BCUT2D eigenvalue weighted by atomic mass is 16.5. The second kappa shape index (κ2) is 6.73. The molecule has 0 heterocycles. The van der Waals surface area contributed by atoms with E-state index in [9.17, 15) is 0 Å². The molecule has 20 heavy (non-hydrogen) atoms. The first-order chi connectivity index (χ1) is 9.67. The van der Waals surface area contributed by atoms with Gasteiger partial charge in [-0.2, -0.15) is 0 Å². The standard InChI is InChI=1S/C17H23NO2/c1-12(19-4)11-20-17-15(13(2)18-3)10-9-14-7-5-6-8-16(14)17/h5-10,12-13,18H,11H2,1-4H3. The van der Waals surface area contributed by atoms with Crippen molar-refractivity contribution in [2.45, 2.75) is 26.0 Å². The van der Waals surface area contributed by atoms with E-state index in [1.54, 1.807) is 7.11 Å². The zero-order valence-electron chi connectivity index (χ0n) is 12.6. The van der Waals surface area contributed by atoms with Crippen LogP contribution in [-0.4, -0.2) is 26.9 Å². The van der Waals surface area contributed by atoms with Crippen molar-refractivity contribution in [1.82, 2.24) is 5.32 Å². The molecule has 0 saturated heterocycles. The van der Waals surface area contributed by atoms with Gasteiger partial charge in [0.15, 0.2) is 0 Å². The van der Waals surface area contributed by atoms with Crippen LogP contribution in [0.2, 0.25) is 0 Å². The molecule has 0 aliphatic rings. The molecule has 0 radical (unpaired) electrons. The Labute approximate surface area is 120 Å². The molecule has 2 unspecified atom stereocenters. The highest BCUT2D eigenvalue weighted by Gasteiger charge is 2.14. The molecule has 2 aromatic carbocycles. The van der Waals surface area contributed by atoms with Crippen molar-refractivity contribution in [3.63, 3.8) is 0 Å². The molecule has 0 bridgehead atoms. The van der Waals surface area contributed by atoms with Crippen molar-refractivity contribution in [2.24, 2.45) is 0 Å². The van der Waals surface area contributed by atoms with Crippen LogP contribution in [-0.2, 0) is 4.74 Å². The molecule has 108 valence electrons. The van der Waals surface area contributed by atoms with E-state index in [0.717, 1.165) is 11.1 Å². The molecule has 0 aromatic heterocycles. The monoisotopic (exact) mass is 273 g/mol. The fraction of sp³-hybridized carbons (Fsp3) is 0.412. The molecular formula is C17H23NO2. The van der Waals surface area contributed by atoms with Gasteiger partial charge < -0.3 is 14.8 Å². The van der Waals surface area contributed by atoms with Crippen LogP contribution < -0.4 is 10.1 Å². The van der Waals surface area contributed by atoms with Gasteiger partial charge >= 0.3 is 0 Å². The van der Waals surface area contributed by atoms with Gasteiger partial charge in [0.1, 0.15) is 12.4 Å². The first-order valence-electron chi connectivity index (χ1n) is 7.02. The normalized spacial score (nSPS) is 14.2. The zero-order chi connectivity index (χ0) is 14.5. The Kier molecular flexibility index (Phi) is 4.99. The molecule has 2 atom stereocenters. The number of nitrogens with one attached hydrogen (secondary N) is 1. The predicted molar refractivity (Wildman–Crippen MR) is 83.4 cm³/mol. The number of rotatable bonds is 6. The molecule has 3 nitrogen and oxygen atoms in total. The summed E-state index contributed by atoms with van der Waals surface area (Å²) in [7, 11) is 3.66. The SMILES string of the molecule is CNC(C)c1ccc2ccccc2c1OCC(C)OC. The maximum Gasteiger partial charge on any atom is 0.132 e. The quantitative estimate of drug-likeness (QED) is 0.873. The third-order valence-electron chi connectivity index (χ3n) is 3.67. The largest absolute Gasteiger partial charge is 0.490 e. The van der Waals surface area contributed by atoms with E-state index in [4.69, 9.17) is 9.47 Å². The lowest BCUT2D eigenvalue weighted by Crippen LogP contribution is -2.19. The highest BCUT2D eigenvalue weighted by Crippen LogP contribution is 2.33. The van der Waals surface area contributed by atoms with Gasteiger partial charge in [0.25, 0.3) is 0 Å². The van der Waals surface area contributed by atoms with Crippen LogP contribution in [0.3, 0.4) is 0 Å². The topological polar surface area (TPSA) is 30.5 Å². The van der Waals surface area contributed by atoms with Gasteiger partial charge in [0.2, 0.25) is 0 Å². The van der Waals surface area contributed by atoms with Crippen molar-refractivity contribution < 1.29 is 9.47 Å². The summed E-state index contributed by atoms with van der Waals surface area (Å²) in [6.45, 7) is 4.69. The number of fused-ring (bicyclic) bond motifs is 1. The summed E-state index contributed by atoms with van der Waals surface area (Å²) in [5, 5.41) is 5.62. The van der Waals surface area contributed by atoms with Gasteiger partial charge in [-0.1, -0.05) is 36.4 Å². The highest BCUT2D eigenvalue weighted by molar-refractivity contribution is 5.89. The Morgan fingerprint density at radius 1 is 1.10 bits per heavy atom. The third kappa shape index (κ3) is 3.11. The van der Waals surface area contributed by atoms with Gasteiger partial charge in [-0.3, -0.25) is 0 Å². The smallest absolute Gasteiger partial charge is 0.132 e. The zero-order valence-corrected chi connectivity index (χ0v) is 12.6. The molecule has 0 fully saturated rings. The van der Waals surface area contributed by atoms with E-state index in [0.29, 0.717) is 6.61 Å². The maximum absolute atomic E-state index is 6.06. The van der Waals surface area contributed by atoms with Gasteiger partial charge in [-0.25, -0.2) is 0 Å². The number of hydrogen-bond acceptors (Lipinski definition) is 3. The van der Waals surface area contributed by atoms with Crippen LogP contribution in [0.1, 0.15) is 25.5 Å². The summed E-state index contributed by atoms with van der Waals surface area (Å²) in [6.07, 6.45) is 0.0757. The van der Waals surface area contributed by atoms with Gasteiger partial charge in [-0.15, -0.1) is 0 Å². The molecule has 2 aromatic rings. The minimum Gasteiger partial charge on any atom is -0.490 e. The summed E-state index contributed by atoms with van der Waals surface area (Å²) in [6, 6.07) is 12.8. The molecule has 1 N–H and O–H groups in total.